The standard InChI is InChI=1S/C21H28N4OS/c1-15-10-16(2)12-24(11-15)19(26)14-27-21-23-22-20(18-8-9-18)25(21)13-17-6-4-3-5-7-17/h3-7,15-16,18H,8-14H2,1-2H3/t15-,16+. The Bertz CT molecular complexity index is 777. The largest absolute Gasteiger partial charge is 0.341 e. The van der Waals surface area contributed by atoms with Crippen molar-refractivity contribution in [3.63, 3.8) is 0 Å². The van der Waals surface area contributed by atoms with Crippen molar-refractivity contribution in [2.75, 3.05) is 18.8 Å². The maximum atomic E-state index is 12.7. The highest BCUT2D eigenvalue weighted by Gasteiger charge is 2.31. The third kappa shape index (κ3) is 4.54. The summed E-state index contributed by atoms with van der Waals surface area (Å²) in [4.78, 5) is 14.8. The highest BCUT2D eigenvalue weighted by Crippen LogP contribution is 2.40. The molecule has 4 rings (SSSR count). The molecular formula is C21H28N4OS. The van der Waals surface area contributed by atoms with Crippen LogP contribution in [0.15, 0.2) is 35.5 Å². The third-order valence-corrected chi connectivity index (χ3v) is 6.37. The van der Waals surface area contributed by atoms with E-state index in [2.05, 4.69) is 52.9 Å². The van der Waals surface area contributed by atoms with Crippen molar-refractivity contribution >= 4 is 17.7 Å². The number of hydrogen-bond acceptors (Lipinski definition) is 4. The van der Waals surface area contributed by atoms with Crippen molar-refractivity contribution in [2.45, 2.75) is 50.7 Å². The zero-order valence-electron chi connectivity index (χ0n) is 16.2. The van der Waals surface area contributed by atoms with Crippen LogP contribution in [-0.4, -0.2) is 44.4 Å². The maximum Gasteiger partial charge on any atom is 0.233 e. The number of nitrogens with zero attached hydrogens (tertiary/aromatic N) is 4. The molecule has 27 heavy (non-hydrogen) atoms. The maximum absolute atomic E-state index is 12.7. The molecule has 0 bridgehead atoms. The van der Waals surface area contributed by atoms with E-state index in [4.69, 9.17) is 0 Å². The fraction of sp³-hybridized carbons (Fsp3) is 0.571. The first-order valence-electron chi connectivity index (χ1n) is 9.97. The van der Waals surface area contributed by atoms with Gasteiger partial charge in [-0.3, -0.25) is 4.79 Å². The van der Waals surface area contributed by atoms with Crippen LogP contribution in [0.25, 0.3) is 0 Å². The van der Waals surface area contributed by atoms with Crippen LogP contribution in [0.5, 0.6) is 0 Å². The Labute approximate surface area is 165 Å². The number of amides is 1. The number of likely N-dealkylation sites (tertiary alicyclic amines) is 1. The van der Waals surface area contributed by atoms with E-state index in [1.54, 1.807) is 0 Å². The summed E-state index contributed by atoms with van der Waals surface area (Å²) in [6.45, 7) is 7.01. The van der Waals surface area contributed by atoms with E-state index in [0.717, 1.165) is 30.6 Å². The number of hydrogen-bond donors (Lipinski definition) is 0. The second kappa shape index (κ2) is 8.05. The smallest absolute Gasteiger partial charge is 0.233 e. The molecule has 144 valence electrons. The van der Waals surface area contributed by atoms with Crippen molar-refractivity contribution in [1.82, 2.24) is 19.7 Å². The lowest BCUT2D eigenvalue weighted by molar-refractivity contribution is -0.130. The molecule has 1 aromatic heterocycles. The number of carbonyl (C=O) groups excluding carboxylic acids is 1. The van der Waals surface area contributed by atoms with E-state index in [-0.39, 0.29) is 5.91 Å². The first-order chi connectivity index (χ1) is 13.1. The Morgan fingerprint density at radius 3 is 2.48 bits per heavy atom. The van der Waals surface area contributed by atoms with Crippen LogP contribution < -0.4 is 0 Å². The molecule has 1 saturated heterocycles. The Kier molecular flexibility index (Phi) is 5.53. The van der Waals surface area contributed by atoms with Crippen molar-refractivity contribution in [2.24, 2.45) is 11.8 Å². The van der Waals surface area contributed by atoms with Gasteiger partial charge in [-0.1, -0.05) is 55.9 Å². The van der Waals surface area contributed by atoms with E-state index >= 15 is 0 Å². The highest BCUT2D eigenvalue weighted by molar-refractivity contribution is 7.99. The van der Waals surface area contributed by atoms with Gasteiger partial charge in [-0.25, -0.2) is 0 Å². The first-order valence-corrected chi connectivity index (χ1v) is 11.0. The summed E-state index contributed by atoms with van der Waals surface area (Å²) < 4.78 is 2.21. The van der Waals surface area contributed by atoms with Gasteiger partial charge in [-0.05, 0) is 36.7 Å². The van der Waals surface area contributed by atoms with Gasteiger partial charge in [0.15, 0.2) is 5.16 Å². The van der Waals surface area contributed by atoms with Gasteiger partial charge in [0.2, 0.25) is 5.91 Å². The highest BCUT2D eigenvalue weighted by atomic mass is 32.2. The lowest BCUT2D eigenvalue weighted by atomic mass is 9.92. The molecule has 0 spiro atoms. The molecule has 5 nitrogen and oxygen atoms in total. The number of benzene rings is 1. The molecule has 0 unspecified atom stereocenters. The number of thioether (sulfide) groups is 1. The predicted molar refractivity (Wildman–Crippen MR) is 108 cm³/mol. The first kappa shape index (κ1) is 18.5. The van der Waals surface area contributed by atoms with Gasteiger partial charge < -0.3 is 9.47 Å². The molecular weight excluding hydrogens is 356 g/mol. The van der Waals surface area contributed by atoms with Gasteiger partial charge in [0.1, 0.15) is 5.82 Å². The summed E-state index contributed by atoms with van der Waals surface area (Å²) in [5, 5.41) is 9.75. The SMILES string of the molecule is C[C@@H]1C[C@H](C)CN(C(=O)CSc2nnc(C3CC3)n2Cc2ccccc2)C1. The normalized spacial score (nSPS) is 22.8. The Morgan fingerprint density at radius 1 is 1.11 bits per heavy atom. The average molecular weight is 385 g/mol. The Morgan fingerprint density at radius 2 is 1.81 bits per heavy atom. The molecule has 1 saturated carbocycles. The van der Waals surface area contributed by atoms with Crippen molar-refractivity contribution < 1.29 is 4.79 Å². The molecule has 2 aromatic rings. The number of carbonyl (C=O) groups is 1. The topological polar surface area (TPSA) is 51.0 Å². The molecule has 1 aliphatic carbocycles. The summed E-state index contributed by atoms with van der Waals surface area (Å²) in [7, 11) is 0. The summed E-state index contributed by atoms with van der Waals surface area (Å²) in [5.74, 6) is 3.46. The predicted octanol–water partition coefficient (Wildman–Crippen LogP) is 3.80. The third-order valence-electron chi connectivity index (χ3n) is 5.42. The van der Waals surface area contributed by atoms with Crippen LogP contribution >= 0.6 is 11.8 Å². The second-order valence-corrected chi connectivity index (χ2v) is 9.16. The molecule has 1 amide bonds. The van der Waals surface area contributed by atoms with Crippen molar-refractivity contribution in [3.05, 3.63) is 41.7 Å². The van der Waals surface area contributed by atoms with E-state index < -0.39 is 0 Å². The summed E-state index contributed by atoms with van der Waals surface area (Å²) in [5.41, 5.74) is 1.24. The number of aromatic nitrogens is 3. The van der Waals surface area contributed by atoms with E-state index in [0.29, 0.717) is 23.5 Å². The molecule has 2 aliphatic rings. The van der Waals surface area contributed by atoms with Crippen molar-refractivity contribution in [3.8, 4) is 0 Å². The van der Waals surface area contributed by atoms with E-state index in [1.165, 1.54) is 36.6 Å². The quantitative estimate of drug-likeness (QED) is 0.711. The minimum atomic E-state index is 0.223. The molecule has 2 fully saturated rings. The second-order valence-electron chi connectivity index (χ2n) is 8.22. The zero-order chi connectivity index (χ0) is 18.8. The monoisotopic (exact) mass is 384 g/mol. The number of piperidine rings is 1. The van der Waals surface area contributed by atoms with Gasteiger partial charge in [0.05, 0.1) is 12.3 Å². The molecule has 2 atom stereocenters. The molecule has 6 heteroatoms. The van der Waals surface area contributed by atoms with E-state index in [9.17, 15) is 4.79 Å². The van der Waals surface area contributed by atoms with Gasteiger partial charge in [0.25, 0.3) is 0 Å². The zero-order valence-corrected chi connectivity index (χ0v) is 17.0. The Balaban J connectivity index is 1.45. The molecule has 1 aliphatic heterocycles. The van der Waals surface area contributed by atoms with Crippen LogP contribution in [0, 0.1) is 11.8 Å². The fourth-order valence-electron chi connectivity index (χ4n) is 4.05. The van der Waals surface area contributed by atoms with Crippen molar-refractivity contribution in [1.29, 1.82) is 0 Å². The lowest BCUT2D eigenvalue weighted by Gasteiger charge is -2.35. The van der Waals surface area contributed by atoms with Gasteiger partial charge in [-0.15, -0.1) is 10.2 Å². The van der Waals surface area contributed by atoms with E-state index in [1.807, 2.05) is 11.0 Å². The van der Waals surface area contributed by atoms with Gasteiger partial charge in [-0.2, -0.15) is 0 Å². The summed E-state index contributed by atoms with van der Waals surface area (Å²) >= 11 is 1.53. The van der Waals surface area contributed by atoms with Crippen LogP contribution in [0.4, 0.5) is 0 Å². The Hall–Kier alpha value is -1.82. The summed E-state index contributed by atoms with van der Waals surface area (Å²) in [6, 6.07) is 10.4. The minimum absolute atomic E-state index is 0.223. The average Bonchev–Trinajstić information content (AvgIpc) is 3.42. The number of rotatable bonds is 6. The molecule has 0 N–H and O–H groups in total. The van der Waals surface area contributed by atoms with Gasteiger partial charge >= 0.3 is 0 Å². The fourth-order valence-corrected chi connectivity index (χ4v) is 4.90. The molecule has 0 radical (unpaired) electrons. The van der Waals surface area contributed by atoms with Crippen LogP contribution in [0.3, 0.4) is 0 Å². The van der Waals surface area contributed by atoms with Crippen LogP contribution in [0.1, 0.15) is 50.4 Å². The minimum Gasteiger partial charge on any atom is -0.341 e. The molecule has 1 aromatic carbocycles. The molecule has 2 heterocycles. The van der Waals surface area contributed by atoms with Gasteiger partial charge in [0, 0.05) is 19.0 Å². The lowest BCUT2D eigenvalue weighted by Crippen LogP contribution is -2.43. The van der Waals surface area contributed by atoms with Crippen LogP contribution in [0.2, 0.25) is 0 Å². The van der Waals surface area contributed by atoms with Crippen LogP contribution in [-0.2, 0) is 11.3 Å². The summed E-state index contributed by atoms with van der Waals surface area (Å²) in [6.07, 6.45) is 3.60.